The van der Waals surface area contributed by atoms with Crippen molar-refractivity contribution in [3.63, 3.8) is 0 Å². The number of nitrogens with zero attached hydrogens (tertiary/aromatic N) is 1. The summed E-state index contributed by atoms with van der Waals surface area (Å²) in [6.07, 6.45) is 6.31. The Morgan fingerprint density at radius 2 is 1.45 bits per heavy atom. The molecule has 0 radical (unpaired) electrons. The van der Waals surface area contributed by atoms with Crippen LogP contribution in [0.25, 0.3) is 6.08 Å². The zero-order chi connectivity index (χ0) is 43.5. The summed E-state index contributed by atoms with van der Waals surface area (Å²) < 4.78 is 27.1. The van der Waals surface area contributed by atoms with Crippen LogP contribution in [0.5, 0.6) is 0 Å². The van der Waals surface area contributed by atoms with Crippen LogP contribution < -0.4 is 0 Å². The number of ether oxygens (including phenoxy) is 1. The Hall–Kier alpha value is -1.22. The van der Waals surface area contributed by atoms with E-state index < -0.39 is 42.6 Å². The maximum absolute atomic E-state index is 15.0. The smallest absolute Gasteiger partial charge is 0.309 e. The molecule has 322 valence electrons. The molecule has 1 aromatic rings. The van der Waals surface area contributed by atoms with Gasteiger partial charge in [0.15, 0.2) is 25.0 Å². The fourth-order valence-electron chi connectivity index (χ4n) is 6.30. The largest absolute Gasteiger partial charge is 0.457 e. The summed E-state index contributed by atoms with van der Waals surface area (Å²) in [5.74, 6) is -0.481. The normalized spacial score (nSPS) is 26.1. The number of thiazole rings is 1. The summed E-state index contributed by atoms with van der Waals surface area (Å²) in [4.78, 5) is 34.1. The van der Waals surface area contributed by atoms with Gasteiger partial charge in [0.1, 0.15) is 16.9 Å². The highest BCUT2D eigenvalue weighted by Gasteiger charge is 2.50. The van der Waals surface area contributed by atoms with Crippen LogP contribution in [0.1, 0.15) is 147 Å². The predicted molar refractivity (Wildman–Crippen MR) is 246 cm³/mol. The third-order valence-corrected chi connectivity index (χ3v) is 28.0. The van der Waals surface area contributed by atoms with Gasteiger partial charge < -0.3 is 18.0 Å². The van der Waals surface area contributed by atoms with E-state index in [1.165, 1.54) is 5.57 Å². The zero-order valence-electron chi connectivity index (χ0n) is 39.7. The third kappa shape index (κ3) is 13.7. The third-order valence-electron chi connectivity index (χ3n) is 13.7. The van der Waals surface area contributed by atoms with Crippen LogP contribution in [0.4, 0.5) is 0 Å². The molecule has 0 aromatic carbocycles. The summed E-state index contributed by atoms with van der Waals surface area (Å²) in [5, 5.41) is 3.00. The zero-order valence-corrected chi connectivity index (χ0v) is 43.5. The van der Waals surface area contributed by atoms with Crippen molar-refractivity contribution in [2.45, 2.75) is 215 Å². The first-order valence-electron chi connectivity index (χ1n) is 21.1. The molecule has 11 heteroatoms. The van der Waals surface area contributed by atoms with E-state index >= 15 is 0 Å². The van der Waals surface area contributed by atoms with E-state index in [9.17, 15) is 9.59 Å². The average Bonchev–Trinajstić information content (AvgIpc) is 3.48. The first-order chi connectivity index (χ1) is 25.1. The number of cyclic esters (lactones) is 1. The lowest BCUT2D eigenvalue weighted by molar-refractivity contribution is -0.153. The number of esters is 1. The van der Waals surface area contributed by atoms with Crippen molar-refractivity contribution in [3.05, 3.63) is 33.3 Å². The van der Waals surface area contributed by atoms with Crippen molar-refractivity contribution in [2.24, 2.45) is 17.3 Å². The number of aromatic nitrogens is 1. The van der Waals surface area contributed by atoms with Crippen molar-refractivity contribution in [2.75, 3.05) is 0 Å². The highest BCUT2D eigenvalue weighted by Crippen LogP contribution is 2.44. The van der Waals surface area contributed by atoms with Crippen molar-refractivity contribution in [1.29, 1.82) is 0 Å². The van der Waals surface area contributed by atoms with Gasteiger partial charge in [0, 0.05) is 23.1 Å². The average molecular weight is 850 g/mol. The van der Waals surface area contributed by atoms with Crippen LogP contribution in [0.3, 0.4) is 0 Å². The van der Waals surface area contributed by atoms with E-state index in [1.807, 2.05) is 39.2 Å². The molecule has 0 aliphatic carbocycles. The van der Waals surface area contributed by atoms with E-state index in [1.54, 1.807) is 11.3 Å². The number of allylic oxidation sites excluding steroid dienone is 1. The number of carbonyl (C=O) groups excluding carboxylic acids is 2. The molecular weight excluding hydrogens is 767 g/mol. The molecule has 56 heavy (non-hydrogen) atoms. The number of rotatable bonds is 9. The van der Waals surface area contributed by atoms with Crippen molar-refractivity contribution in [1.82, 2.24) is 4.98 Å². The van der Waals surface area contributed by atoms with Gasteiger partial charge in [-0.15, -0.1) is 11.3 Å². The van der Waals surface area contributed by atoms with Crippen LogP contribution in [0.15, 0.2) is 22.6 Å². The van der Waals surface area contributed by atoms with E-state index in [0.29, 0.717) is 13.0 Å². The Kier molecular flexibility index (Phi) is 17.3. The number of ketones is 1. The minimum Gasteiger partial charge on any atom is -0.457 e. The second-order valence-electron chi connectivity index (χ2n) is 22.0. The molecule has 0 fully saturated rings. The molecule has 1 aliphatic rings. The van der Waals surface area contributed by atoms with E-state index in [4.69, 9.17) is 23.0 Å². The molecule has 2 rings (SSSR count). The molecule has 1 aromatic heterocycles. The minimum absolute atomic E-state index is 0.00130. The second-order valence-corrected chi connectivity index (χ2v) is 37.3. The van der Waals surface area contributed by atoms with E-state index in [2.05, 4.69) is 122 Å². The van der Waals surface area contributed by atoms with E-state index in [-0.39, 0.29) is 51.2 Å². The molecule has 0 bridgehead atoms. The monoisotopic (exact) mass is 850 g/mol. The van der Waals surface area contributed by atoms with Crippen LogP contribution in [0, 0.1) is 17.3 Å². The highest BCUT2D eigenvalue weighted by molar-refractivity contribution is 7.09. The Labute approximate surface area is 351 Å². The van der Waals surface area contributed by atoms with Crippen LogP contribution in [0.2, 0.25) is 54.4 Å². The fraction of sp³-hybridized carbons (Fsp3) is 0.800. The number of Topliss-reactive ketones (excluding diaryl/α,β-unsaturated/α-hetero) is 1. The highest BCUT2D eigenvalue weighted by atomic mass is 32.1. The standard InChI is InChI=1S/C45H83NO6SSi3/c1-31-23-22-24-32(2)40(52-56(20,21)44(11,12)13)34(4)41(48)45(14,15)37(51-55(18,19)43(8,9)10)28-39(47)50-36(26-25-31)33(3)27-35-30-53-38(46-35)29-49-54(16,17)42(5,6)7/h25,27,30,32,34,36-37,40H,22-24,26,28-29H2,1-21H3/b31-25-,33-27+. The predicted octanol–water partition coefficient (Wildman–Crippen LogP) is 13.5. The van der Waals surface area contributed by atoms with Gasteiger partial charge in [-0.25, -0.2) is 4.98 Å². The minimum atomic E-state index is -2.43. The quantitative estimate of drug-likeness (QED) is 0.139. The number of hydrogen-bond acceptors (Lipinski definition) is 8. The maximum Gasteiger partial charge on any atom is 0.309 e. The first kappa shape index (κ1) is 50.9. The molecule has 0 saturated carbocycles. The summed E-state index contributed by atoms with van der Waals surface area (Å²) in [5.41, 5.74) is 2.06. The van der Waals surface area contributed by atoms with Crippen LogP contribution >= 0.6 is 11.3 Å². The fourth-order valence-corrected chi connectivity index (χ4v) is 10.9. The molecular formula is C45H83NO6SSi3. The molecule has 0 saturated heterocycles. The summed E-state index contributed by atoms with van der Waals surface area (Å²) >= 11 is 1.60. The first-order valence-corrected chi connectivity index (χ1v) is 30.7. The lowest BCUT2D eigenvalue weighted by atomic mass is 9.73. The topological polar surface area (TPSA) is 84.0 Å². The molecule has 1 aliphatic heterocycles. The van der Waals surface area contributed by atoms with Gasteiger partial charge in [-0.3, -0.25) is 9.59 Å². The van der Waals surface area contributed by atoms with Crippen molar-refractivity contribution in [3.8, 4) is 0 Å². The maximum atomic E-state index is 15.0. The molecule has 0 amide bonds. The van der Waals surface area contributed by atoms with Gasteiger partial charge in [-0.1, -0.05) is 102 Å². The van der Waals surface area contributed by atoms with Gasteiger partial charge >= 0.3 is 5.97 Å². The molecule has 5 unspecified atom stereocenters. The summed E-state index contributed by atoms with van der Waals surface area (Å²) in [6, 6.07) is 0. The Bertz CT molecular complexity index is 1540. The lowest BCUT2D eigenvalue weighted by Gasteiger charge is -2.46. The molecule has 5 atom stereocenters. The molecule has 0 spiro atoms. The Morgan fingerprint density at radius 3 is 1.98 bits per heavy atom. The van der Waals surface area contributed by atoms with Gasteiger partial charge in [0.25, 0.3) is 0 Å². The van der Waals surface area contributed by atoms with Crippen molar-refractivity contribution >= 4 is 54.1 Å². The summed E-state index contributed by atoms with van der Waals surface area (Å²) in [6.45, 7) is 46.4. The van der Waals surface area contributed by atoms with Crippen LogP contribution in [-0.2, 0) is 34.2 Å². The number of carbonyl (C=O) groups is 2. The Morgan fingerprint density at radius 1 is 0.911 bits per heavy atom. The van der Waals surface area contributed by atoms with Gasteiger partial charge in [0.2, 0.25) is 0 Å². The lowest BCUT2D eigenvalue weighted by Crippen LogP contribution is -2.54. The van der Waals surface area contributed by atoms with Crippen LogP contribution in [-0.4, -0.2) is 60.0 Å². The number of hydrogen-bond donors (Lipinski definition) is 0. The molecule has 2 heterocycles. The van der Waals surface area contributed by atoms with E-state index in [0.717, 1.165) is 35.5 Å². The summed E-state index contributed by atoms with van der Waals surface area (Å²) in [7, 11) is -6.56. The second kappa shape index (κ2) is 19.0. The van der Waals surface area contributed by atoms with Gasteiger partial charge in [-0.05, 0) is 105 Å². The van der Waals surface area contributed by atoms with Gasteiger partial charge in [-0.2, -0.15) is 0 Å². The van der Waals surface area contributed by atoms with Crippen molar-refractivity contribution < 1.29 is 27.6 Å². The van der Waals surface area contributed by atoms with Gasteiger partial charge in [0.05, 0.1) is 30.9 Å². The molecule has 7 nitrogen and oxygen atoms in total. The molecule has 0 N–H and O–H groups in total. The SMILES string of the molecule is C/C1=C/CC(/C(C)=C/c2csc(CO[Si](C)(C)C(C)(C)C)n2)OC(=O)CC(O[Si](C)(C)C(C)(C)C)C(C)(C)C(=O)C(C)C(O[Si](C)(C)C(C)(C)C)C(C)CCC1. The Balaban J connectivity index is 2.61.